The van der Waals surface area contributed by atoms with Gasteiger partial charge in [0.15, 0.2) is 0 Å². The number of aromatic nitrogens is 1. The van der Waals surface area contributed by atoms with E-state index in [1.807, 2.05) is 42.5 Å². The van der Waals surface area contributed by atoms with Crippen LogP contribution in [0, 0.1) is 5.92 Å². The Bertz CT molecular complexity index is 851. The van der Waals surface area contributed by atoms with E-state index >= 15 is 0 Å². The number of nitrogens with one attached hydrogen (secondary N) is 1. The third kappa shape index (κ3) is 4.41. The summed E-state index contributed by atoms with van der Waals surface area (Å²) in [4.78, 5) is 16.8. The molecular weight excluding hydrogens is 344 g/mol. The Labute approximate surface area is 157 Å². The molecule has 1 aromatic heterocycles. The van der Waals surface area contributed by atoms with Gasteiger partial charge in [0.1, 0.15) is 5.75 Å². The summed E-state index contributed by atoms with van der Waals surface area (Å²) in [5.74, 6) is 1.53. The van der Waals surface area contributed by atoms with Gasteiger partial charge in [0.2, 0.25) is 0 Å². The molecule has 26 heavy (non-hydrogen) atoms. The minimum absolute atomic E-state index is 0.0388. The van der Waals surface area contributed by atoms with Crippen molar-refractivity contribution in [2.24, 2.45) is 5.92 Å². The van der Waals surface area contributed by atoms with Crippen molar-refractivity contribution in [1.29, 1.82) is 0 Å². The maximum absolute atomic E-state index is 12.2. The summed E-state index contributed by atoms with van der Waals surface area (Å²) in [6.45, 7) is 1.44. The summed E-state index contributed by atoms with van der Waals surface area (Å²) in [6, 6.07) is 15.6. The van der Waals surface area contributed by atoms with Gasteiger partial charge in [-0.1, -0.05) is 12.1 Å². The molecule has 1 amide bonds. The SMILES string of the molecule is O=C(NCCCc1nc2ccccc2s1)c1ccc(OCC2CC2)cc1. The molecule has 0 bridgehead atoms. The molecule has 1 N–H and O–H groups in total. The van der Waals surface area contributed by atoms with E-state index in [9.17, 15) is 4.79 Å². The van der Waals surface area contributed by atoms with E-state index in [2.05, 4.69) is 16.4 Å². The van der Waals surface area contributed by atoms with Crippen molar-refractivity contribution in [2.75, 3.05) is 13.2 Å². The second kappa shape index (κ2) is 7.87. The van der Waals surface area contributed by atoms with Crippen LogP contribution in [0.5, 0.6) is 5.75 Å². The van der Waals surface area contributed by atoms with E-state index in [0.29, 0.717) is 12.1 Å². The number of ether oxygens (including phenoxy) is 1. The lowest BCUT2D eigenvalue weighted by Gasteiger charge is -2.07. The summed E-state index contributed by atoms with van der Waals surface area (Å²) in [6.07, 6.45) is 4.32. The molecule has 4 rings (SSSR count). The van der Waals surface area contributed by atoms with Crippen molar-refractivity contribution in [1.82, 2.24) is 10.3 Å². The molecule has 0 aliphatic heterocycles. The Balaban J connectivity index is 1.21. The van der Waals surface area contributed by atoms with Gasteiger partial charge in [0.05, 0.1) is 21.8 Å². The average Bonchev–Trinajstić information content (AvgIpc) is 3.41. The number of aryl methyl sites for hydroxylation is 1. The standard InChI is InChI=1S/C21H22N2O2S/c24-21(16-9-11-17(12-10-16)25-14-15-7-8-15)22-13-3-6-20-23-18-4-1-2-5-19(18)26-20/h1-2,4-5,9-12,15H,3,6-8,13-14H2,(H,22,24). The van der Waals surface area contributed by atoms with E-state index in [1.165, 1.54) is 17.5 Å². The van der Waals surface area contributed by atoms with Gasteiger partial charge in [-0.2, -0.15) is 0 Å². The molecule has 0 saturated heterocycles. The number of thiazole rings is 1. The summed E-state index contributed by atoms with van der Waals surface area (Å²) in [7, 11) is 0. The third-order valence-electron chi connectivity index (χ3n) is 4.49. The Kier molecular flexibility index (Phi) is 5.16. The van der Waals surface area contributed by atoms with Crippen LogP contribution in [0.3, 0.4) is 0 Å². The van der Waals surface area contributed by atoms with Crippen molar-refractivity contribution in [3.8, 4) is 5.75 Å². The largest absolute Gasteiger partial charge is 0.493 e. The first-order valence-electron chi connectivity index (χ1n) is 9.13. The van der Waals surface area contributed by atoms with Gasteiger partial charge in [-0.15, -0.1) is 11.3 Å². The zero-order valence-corrected chi connectivity index (χ0v) is 15.4. The Morgan fingerprint density at radius 2 is 1.96 bits per heavy atom. The van der Waals surface area contributed by atoms with Crippen LogP contribution in [0.25, 0.3) is 10.2 Å². The van der Waals surface area contributed by atoms with E-state index in [-0.39, 0.29) is 5.91 Å². The topological polar surface area (TPSA) is 51.2 Å². The molecule has 4 nitrogen and oxygen atoms in total. The molecule has 0 atom stereocenters. The molecule has 1 saturated carbocycles. The van der Waals surface area contributed by atoms with Crippen LogP contribution in [0.2, 0.25) is 0 Å². The Morgan fingerprint density at radius 1 is 1.15 bits per heavy atom. The fourth-order valence-corrected chi connectivity index (χ4v) is 3.78. The minimum atomic E-state index is -0.0388. The highest BCUT2D eigenvalue weighted by atomic mass is 32.1. The van der Waals surface area contributed by atoms with Gasteiger partial charge in [-0.05, 0) is 61.6 Å². The monoisotopic (exact) mass is 366 g/mol. The number of amides is 1. The predicted molar refractivity (Wildman–Crippen MR) is 105 cm³/mol. The summed E-state index contributed by atoms with van der Waals surface area (Å²) >= 11 is 1.73. The normalized spacial score (nSPS) is 13.7. The molecule has 1 fully saturated rings. The second-order valence-electron chi connectivity index (χ2n) is 6.71. The quantitative estimate of drug-likeness (QED) is 0.599. The number of fused-ring (bicyclic) bond motifs is 1. The molecule has 3 aromatic rings. The zero-order chi connectivity index (χ0) is 17.8. The van der Waals surface area contributed by atoms with Gasteiger partial charge in [0.25, 0.3) is 5.91 Å². The fraction of sp³-hybridized carbons (Fsp3) is 0.333. The minimum Gasteiger partial charge on any atom is -0.493 e. The predicted octanol–water partition coefficient (Wildman–Crippen LogP) is 4.45. The highest BCUT2D eigenvalue weighted by Crippen LogP contribution is 2.29. The van der Waals surface area contributed by atoms with Crippen LogP contribution in [0.4, 0.5) is 0 Å². The summed E-state index contributed by atoms with van der Waals surface area (Å²) in [5, 5.41) is 4.10. The molecule has 5 heteroatoms. The zero-order valence-electron chi connectivity index (χ0n) is 14.6. The molecule has 1 aliphatic rings. The van der Waals surface area contributed by atoms with Gasteiger partial charge < -0.3 is 10.1 Å². The smallest absolute Gasteiger partial charge is 0.251 e. The lowest BCUT2D eigenvalue weighted by Crippen LogP contribution is -2.24. The second-order valence-corrected chi connectivity index (χ2v) is 7.83. The van der Waals surface area contributed by atoms with Crippen LogP contribution in [0.15, 0.2) is 48.5 Å². The lowest BCUT2D eigenvalue weighted by atomic mass is 10.2. The van der Waals surface area contributed by atoms with Crippen LogP contribution in [-0.2, 0) is 6.42 Å². The van der Waals surface area contributed by atoms with Crippen LogP contribution in [0.1, 0.15) is 34.6 Å². The van der Waals surface area contributed by atoms with E-state index in [0.717, 1.165) is 41.6 Å². The van der Waals surface area contributed by atoms with Crippen molar-refractivity contribution in [3.05, 3.63) is 59.1 Å². The first kappa shape index (κ1) is 17.0. The number of nitrogens with zero attached hydrogens (tertiary/aromatic N) is 1. The lowest BCUT2D eigenvalue weighted by molar-refractivity contribution is 0.0953. The first-order chi connectivity index (χ1) is 12.8. The third-order valence-corrected chi connectivity index (χ3v) is 5.59. The van der Waals surface area contributed by atoms with Gasteiger partial charge in [-0.3, -0.25) is 4.79 Å². The van der Waals surface area contributed by atoms with Crippen LogP contribution in [-0.4, -0.2) is 24.0 Å². The number of benzene rings is 2. The maximum atomic E-state index is 12.2. The summed E-state index contributed by atoms with van der Waals surface area (Å²) in [5.41, 5.74) is 1.73. The number of carbonyl (C=O) groups excluding carboxylic acids is 1. The molecule has 0 spiro atoms. The maximum Gasteiger partial charge on any atom is 0.251 e. The molecule has 1 heterocycles. The molecule has 0 unspecified atom stereocenters. The van der Waals surface area contributed by atoms with E-state index in [1.54, 1.807) is 11.3 Å². The number of rotatable bonds is 8. The van der Waals surface area contributed by atoms with Gasteiger partial charge in [-0.25, -0.2) is 4.98 Å². The van der Waals surface area contributed by atoms with Crippen LogP contribution < -0.4 is 10.1 Å². The Morgan fingerprint density at radius 3 is 2.73 bits per heavy atom. The number of hydrogen-bond acceptors (Lipinski definition) is 4. The van der Waals surface area contributed by atoms with Crippen molar-refractivity contribution < 1.29 is 9.53 Å². The highest BCUT2D eigenvalue weighted by Gasteiger charge is 2.21. The molecule has 1 aliphatic carbocycles. The van der Waals surface area contributed by atoms with E-state index < -0.39 is 0 Å². The van der Waals surface area contributed by atoms with Crippen molar-refractivity contribution in [3.63, 3.8) is 0 Å². The fourth-order valence-electron chi connectivity index (χ4n) is 2.77. The van der Waals surface area contributed by atoms with Gasteiger partial charge >= 0.3 is 0 Å². The first-order valence-corrected chi connectivity index (χ1v) is 9.95. The average molecular weight is 366 g/mol. The molecule has 134 valence electrons. The van der Waals surface area contributed by atoms with E-state index in [4.69, 9.17) is 4.74 Å². The van der Waals surface area contributed by atoms with Crippen molar-refractivity contribution >= 4 is 27.5 Å². The Hall–Kier alpha value is -2.40. The van der Waals surface area contributed by atoms with Gasteiger partial charge in [0, 0.05) is 18.5 Å². The molecule has 2 aromatic carbocycles. The number of hydrogen-bond donors (Lipinski definition) is 1. The highest BCUT2D eigenvalue weighted by molar-refractivity contribution is 7.18. The van der Waals surface area contributed by atoms with Crippen molar-refractivity contribution in [2.45, 2.75) is 25.7 Å². The number of para-hydroxylation sites is 1. The van der Waals surface area contributed by atoms with Crippen LogP contribution >= 0.6 is 11.3 Å². The number of carbonyl (C=O) groups is 1. The summed E-state index contributed by atoms with van der Waals surface area (Å²) < 4.78 is 6.92. The molecular formula is C21H22N2O2S. The molecule has 0 radical (unpaired) electrons.